The molecule has 0 aliphatic carbocycles. The van der Waals surface area contributed by atoms with E-state index in [0.29, 0.717) is 18.1 Å². The highest BCUT2D eigenvalue weighted by Crippen LogP contribution is 2.23. The number of benzene rings is 1. The van der Waals surface area contributed by atoms with Crippen LogP contribution in [0.3, 0.4) is 0 Å². The number of urea groups is 1. The Bertz CT molecular complexity index is 1040. The molecule has 158 valence electrons. The number of hydrogen-bond donors (Lipinski definition) is 1. The summed E-state index contributed by atoms with van der Waals surface area (Å²) in [6.45, 7) is 8.91. The van der Waals surface area contributed by atoms with E-state index >= 15 is 0 Å². The maximum atomic E-state index is 12.6. The van der Waals surface area contributed by atoms with Crippen LogP contribution < -0.4 is 5.32 Å². The number of amides is 2. The summed E-state index contributed by atoms with van der Waals surface area (Å²) < 4.78 is 2.22. The van der Waals surface area contributed by atoms with Crippen LogP contribution in [0.15, 0.2) is 36.5 Å². The van der Waals surface area contributed by atoms with Crippen LogP contribution in [0.2, 0.25) is 5.02 Å². The molecule has 0 unspecified atom stereocenters. The summed E-state index contributed by atoms with van der Waals surface area (Å²) in [5.74, 6) is 1.07. The van der Waals surface area contributed by atoms with E-state index in [1.54, 1.807) is 0 Å². The number of aromatic nitrogens is 3. The van der Waals surface area contributed by atoms with Crippen LogP contribution in [0, 0.1) is 6.92 Å². The Hall–Kier alpha value is -2.64. The molecule has 1 aromatic carbocycles. The average Bonchev–Trinajstić information content (AvgIpc) is 3.13. The summed E-state index contributed by atoms with van der Waals surface area (Å²) in [5, 5.41) is 3.65. The van der Waals surface area contributed by atoms with E-state index in [-0.39, 0.29) is 6.03 Å². The first-order valence-electron chi connectivity index (χ1n) is 10.4. The molecule has 1 N–H and O–H groups in total. The van der Waals surface area contributed by atoms with Crippen molar-refractivity contribution < 1.29 is 4.79 Å². The van der Waals surface area contributed by atoms with E-state index in [9.17, 15) is 4.79 Å². The van der Waals surface area contributed by atoms with Crippen LogP contribution in [0.5, 0.6) is 0 Å². The van der Waals surface area contributed by atoms with Gasteiger partial charge in [-0.2, -0.15) is 0 Å². The summed E-state index contributed by atoms with van der Waals surface area (Å²) in [5.41, 5.74) is 3.55. The van der Waals surface area contributed by atoms with Crippen LogP contribution in [0.4, 0.5) is 10.5 Å². The van der Waals surface area contributed by atoms with E-state index in [4.69, 9.17) is 16.6 Å². The van der Waals surface area contributed by atoms with Crippen LogP contribution in [0.1, 0.15) is 18.3 Å². The monoisotopic (exact) mass is 426 g/mol. The lowest BCUT2D eigenvalue weighted by atomic mass is 10.2. The second-order valence-electron chi connectivity index (χ2n) is 7.55. The standard InChI is InChI=1S/C22H27ClN6O/c1-3-20-25-19-8-5-9-24-21(19)29(20)15-12-27-10-13-28(14-11-27)22(30)26-18-7-4-6-17(23)16(18)2/h4-9H,3,10-15H2,1-2H3,(H,26,30). The minimum absolute atomic E-state index is 0.0712. The van der Waals surface area contributed by atoms with Crippen molar-refractivity contribution in [1.29, 1.82) is 0 Å². The second-order valence-corrected chi connectivity index (χ2v) is 7.96. The summed E-state index contributed by atoms with van der Waals surface area (Å²) in [6.07, 6.45) is 2.70. The van der Waals surface area contributed by atoms with Gasteiger partial charge in [0.05, 0.1) is 0 Å². The highest BCUT2D eigenvalue weighted by molar-refractivity contribution is 6.31. The molecule has 0 radical (unpaired) electrons. The number of fused-ring (bicyclic) bond motifs is 1. The average molecular weight is 427 g/mol. The van der Waals surface area contributed by atoms with Gasteiger partial charge in [-0.05, 0) is 36.8 Å². The fourth-order valence-electron chi connectivity index (χ4n) is 3.86. The van der Waals surface area contributed by atoms with Crippen molar-refractivity contribution in [3.63, 3.8) is 0 Å². The van der Waals surface area contributed by atoms with E-state index in [0.717, 1.165) is 60.8 Å². The van der Waals surface area contributed by atoms with Crippen molar-refractivity contribution in [1.82, 2.24) is 24.3 Å². The molecule has 2 aromatic heterocycles. The number of hydrogen-bond acceptors (Lipinski definition) is 4. The van der Waals surface area contributed by atoms with Crippen molar-refractivity contribution in [3.05, 3.63) is 52.9 Å². The van der Waals surface area contributed by atoms with E-state index in [2.05, 4.69) is 26.7 Å². The maximum Gasteiger partial charge on any atom is 0.321 e. The normalized spacial score (nSPS) is 15.0. The quantitative estimate of drug-likeness (QED) is 0.673. The van der Waals surface area contributed by atoms with Gasteiger partial charge >= 0.3 is 6.03 Å². The zero-order valence-electron chi connectivity index (χ0n) is 17.4. The summed E-state index contributed by atoms with van der Waals surface area (Å²) in [6, 6.07) is 9.42. The Kier molecular flexibility index (Phi) is 6.20. The number of nitrogens with one attached hydrogen (secondary N) is 1. The fourth-order valence-corrected chi connectivity index (χ4v) is 4.04. The third kappa shape index (κ3) is 4.27. The maximum absolute atomic E-state index is 12.6. The Balaban J connectivity index is 1.32. The van der Waals surface area contributed by atoms with Crippen LogP contribution >= 0.6 is 11.6 Å². The lowest BCUT2D eigenvalue weighted by molar-refractivity contribution is 0.144. The number of aryl methyl sites for hydroxylation is 1. The Morgan fingerprint density at radius 2 is 1.93 bits per heavy atom. The van der Waals surface area contributed by atoms with Gasteiger partial charge in [0, 0.05) is 62.6 Å². The summed E-state index contributed by atoms with van der Waals surface area (Å²) >= 11 is 6.15. The lowest BCUT2D eigenvalue weighted by Crippen LogP contribution is -2.50. The van der Waals surface area contributed by atoms with Crippen molar-refractivity contribution >= 4 is 34.5 Å². The zero-order chi connectivity index (χ0) is 21.1. The SMILES string of the molecule is CCc1nc2cccnc2n1CCN1CCN(C(=O)Nc2cccc(Cl)c2C)CC1. The van der Waals surface area contributed by atoms with Gasteiger partial charge < -0.3 is 14.8 Å². The number of imidazole rings is 1. The molecule has 0 saturated carbocycles. The number of rotatable bonds is 5. The number of anilines is 1. The van der Waals surface area contributed by atoms with Crippen molar-refractivity contribution in [2.24, 2.45) is 0 Å². The molecule has 2 amide bonds. The lowest BCUT2D eigenvalue weighted by Gasteiger charge is -2.34. The number of nitrogens with zero attached hydrogens (tertiary/aromatic N) is 5. The molecule has 0 bridgehead atoms. The number of pyridine rings is 1. The molecule has 1 fully saturated rings. The highest BCUT2D eigenvalue weighted by atomic mass is 35.5. The van der Waals surface area contributed by atoms with Gasteiger partial charge in [-0.25, -0.2) is 14.8 Å². The number of carbonyl (C=O) groups is 1. The highest BCUT2D eigenvalue weighted by Gasteiger charge is 2.22. The molecule has 1 aliphatic heterocycles. The molecule has 3 heterocycles. The first kappa shape index (κ1) is 20.6. The van der Waals surface area contributed by atoms with Crippen molar-refractivity contribution in [2.45, 2.75) is 26.8 Å². The van der Waals surface area contributed by atoms with Crippen LogP contribution in [0.25, 0.3) is 11.2 Å². The minimum Gasteiger partial charge on any atom is -0.322 e. The minimum atomic E-state index is -0.0712. The summed E-state index contributed by atoms with van der Waals surface area (Å²) in [7, 11) is 0. The Morgan fingerprint density at radius 3 is 2.70 bits per heavy atom. The number of piperazine rings is 1. The van der Waals surface area contributed by atoms with Gasteiger partial charge in [-0.3, -0.25) is 4.90 Å². The smallest absolute Gasteiger partial charge is 0.321 e. The Labute approximate surface area is 181 Å². The predicted molar refractivity (Wildman–Crippen MR) is 120 cm³/mol. The van der Waals surface area contributed by atoms with Crippen LogP contribution in [-0.2, 0) is 13.0 Å². The molecule has 30 heavy (non-hydrogen) atoms. The molecule has 1 aliphatic rings. The van der Waals surface area contributed by atoms with E-state index in [1.807, 2.05) is 48.4 Å². The van der Waals surface area contributed by atoms with Gasteiger partial charge in [0.15, 0.2) is 5.65 Å². The second kappa shape index (κ2) is 9.02. The molecule has 3 aromatic rings. The summed E-state index contributed by atoms with van der Waals surface area (Å²) in [4.78, 5) is 26.1. The van der Waals surface area contributed by atoms with Crippen molar-refractivity contribution in [2.75, 3.05) is 38.0 Å². The fraction of sp³-hybridized carbons (Fsp3) is 0.409. The molecule has 7 nitrogen and oxygen atoms in total. The molecule has 4 rings (SSSR count). The van der Waals surface area contributed by atoms with E-state index < -0.39 is 0 Å². The largest absolute Gasteiger partial charge is 0.322 e. The topological polar surface area (TPSA) is 66.3 Å². The molecular weight excluding hydrogens is 400 g/mol. The third-order valence-electron chi connectivity index (χ3n) is 5.71. The number of halogens is 1. The first-order chi connectivity index (χ1) is 14.6. The van der Waals surface area contributed by atoms with Gasteiger partial charge in [-0.15, -0.1) is 0 Å². The van der Waals surface area contributed by atoms with Gasteiger partial charge in [0.2, 0.25) is 0 Å². The molecule has 0 spiro atoms. The zero-order valence-corrected chi connectivity index (χ0v) is 18.2. The first-order valence-corrected chi connectivity index (χ1v) is 10.8. The number of carbonyl (C=O) groups excluding carboxylic acids is 1. The van der Waals surface area contributed by atoms with Gasteiger partial charge in [-0.1, -0.05) is 24.6 Å². The van der Waals surface area contributed by atoms with E-state index in [1.165, 1.54) is 0 Å². The van der Waals surface area contributed by atoms with Gasteiger partial charge in [0.25, 0.3) is 0 Å². The Morgan fingerprint density at radius 1 is 1.13 bits per heavy atom. The molecular formula is C22H27ClN6O. The van der Waals surface area contributed by atoms with Gasteiger partial charge in [0.1, 0.15) is 11.3 Å². The van der Waals surface area contributed by atoms with Crippen molar-refractivity contribution in [3.8, 4) is 0 Å². The third-order valence-corrected chi connectivity index (χ3v) is 6.12. The molecule has 1 saturated heterocycles. The molecule has 0 atom stereocenters. The molecule has 8 heteroatoms. The van der Waals surface area contributed by atoms with Crippen LogP contribution in [-0.4, -0.2) is 63.1 Å². The predicted octanol–water partition coefficient (Wildman–Crippen LogP) is 3.81.